The van der Waals surface area contributed by atoms with E-state index in [9.17, 15) is 5.11 Å². The van der Waals surface area contributed by atoms with Gasteiger partial charge in [0.1, 0.15) is 6.10 Å². The fourth-order valence-corrected chi connectivity index (χ4v) is 1.31. The summed E-state index contributed by atoms with van der Waals surface area (Å²) < 4.78 is 0. The lowest BCUT2D eigenvalue weighted by molar-refractivity contribution is 0.0694. The molecule has 1 aromatic carbocycles. The smallest absolute Gasteiger partial charge is 0.121 e. The van der Waals surface area contributed by atoms with Crippen molar-refractivity contribution in [1.82, 2.24) is 0 Å². The summed E-state index contributed by atoms with van der Waals surface area (Å²) in [5, 5.41) is 11.5. The van der Waals surface area contributed by atoms with Crippen LogP contribution in [0, 0.1) is 5.92 Å². The van der Waals surface area contributed by atoms with Gasteiger partial charge in [-0.25, -0.2) is 5.11 Å². The van der Waals surface area contributed by atoms with Crippen LogP contribution in [0.2, 0.25) is 0 Å². The molecule has 1 nitrogen and oxygen atoms in total. The first-order chi connectivity index (χ1) is 5.38. The fourth-order valence-electron chi connectivity index (χ4n) is 1.31. The second-order valence-corrected chi connectivity index (χ2v) is 3.17. The molecule has 1 atom stereocenters. The van der Waals surface area contributed by atoms with Crippen molar-refractivity contribution in [2.24, 2.45) is 5.92 Å². The highest BCUT2D eigenvalue weighted by molar-refractivity contribution is 5.18. The molecule has 57 valence electrons. The van der Waals surface area contributed by atoms with E-state index in [1.165, 1.54) is 0 Å². The van der Waals surface area contributed by atoms with Gasteiger partial charge in [-0.3, -0.25) is 0 Å². The lowest BCUT2D eigenvalue weighted by Gasteiger charge is -2.04. The van der Waals surface area contributed by atoms with Crippen molar-refractivity contribution >= 4 is 0 Å². The summed E-state index contributed by atoms with van der Waals surface area (Å²) in [4.78, 5) is 0. The van der Waals surface area contributed by atoms with E-state index in [4.69, 9.17) is 0 Å². The highest BCUT2D eigenvalue weighted by atomic mass is 16.3. The van der Waals surface area contributed by atoms with Crippen molar-refractivity contribution in [2.45, 2.75) is 18.9 Å². The molecule has 11 heavy (non-hydrogen) atoms. The third-order valence-electron chi connectivity index (χ3n) is 2.18. The van der Waals surface area contributed by atoms with Crippen molar-refractivity contribution in [1.29, 1.82) is 0 Å². The predicted octanol–water partition coefficient (Wildman–Crippen LogP) is 2.57. The molecule has 1 heteroatoms. The van der Waals surface area contributed by atoms with Gasteiger partial charge in [0.25, 0.3) is 0 Å². The molecule has 1 radical (unpaired) electrons. The molecule has 0 N–H and O–H groups in total. The normalized spacial score (nSPS) is 19.7. The minimum Gasteiger partial charge on any atom is -0.228 e. The molecule has 0 spiro atoms. The van der Waals surface area contributed by atoms with Crippen LogP contribution in [-0.4, -0.2) is 0 Å². The average Bonchev–Trinajstić information content (AvgIpc) is 2.87. The zero-order valence-corrected chi connectivity index (χ0v) is 6.36. The zero-order valence-electron chi connectivity index (χ0n) is 6.36. The maximum atomic E-state index is 11.5. The van der Waals surface area contributed by atoms with Gasteiger partial charge >= 0.3 is 0 Å². The Balaban J connectivity index is 2.15. The lowest BCUT2D eigenvalue weighted by Crippen LogP contribution is -1.96. The van der Waals surface area contributed by atoms with E-state index in [-0.39, 0.29) is 0 Å². The van der Waals surface area contributed by atoms with Crippen molar-refractivity contribution < 1.29 is 5.11 Å². The second kappa shape index (κ2) is 2.67. The van der Waals surface area contributed by atoms with Crippen LogP contribution in [0.1, 0.15) is 24.5 Å². The van der Waals surface area contributed by atoms with Crippen LogP contribution >= 0.6 is 0 Å². The molecule has 1 aliphatic rings. The first kappa shape index (κ1) is 6.86. The molecule has 2 rings (SSSR count). The quantitative estimate of drug-likeness (QED) is 0.612. The van der Waals surface area contributed by atoms with E-state index in [1.54, 1.807) is 0 Å². The Kier molecular flexibility index (Phi) is 1.66. The van der Waals surface area contributed by atoms with E-state index >= 15 is 0 Å². The molecule has 1 aromatic rings. The van der Waals surface area contributed by atoms with Gasteiger partial charge < -0.3 is 0 Å². The Morgan fingerprint density at radius 2 is 1.82 bits per heavy atom. The molecule has 0 amide bonds. The first-order valence-electron chi connectivity index (χ1n) is 4.08. The lowest BCUT2D eigenvalue weighted by atomic mass is 10.1. The summed E-state index contributed by atoms with van der Waals surface area (Å²) in [5.74, 6) is 0.428. The van der Waals surface area contributed by atoms with Crippen LogP contribution in [-0.2, 0) is 5.11 Å². The van der Waals surface area contributed by atoms with Crippen LogP contribution in [0.4, 0.5) is 0 Å². The molecule has 1 aliphatic carbocycles. The number of rotatable bonds is 2. The zero-order chi connectivity index (χ0) is 7.68. The molecule has 0 aliphatic heterocycles. The van der Waals surface area contributed by atoms with Gasteiger partial charge in [-0.15, -0.1) is 0 Å². The molecule has 0 heterocycles. The molecular formula is C10H11O. The second-order valence-electron chi connectivity index (χ2n) is 3.17. The standard InChI is InChI=1S/C10H11O/c11-10(9-6-7-9)8-4-2-1-3-5-8/h1-5,9-10H,6-7H2. The summed E-state index contributed by atoms with van der Waals surface area (Å²) in [6, 6.07) is 9.67. The summed E-state index contributed by atoms with van der Waals surface area (Å²) in [6.07, 6.45) is 1.79. The largest absolute Gasteiger partial charge is 0.228 e. The highest BCUT2D eigenvalue weighted by Crippen LogP contribution is 2.40. The van der Waals surface area contributed by atoms with Gasteiger partial charge in [-0.2, -0.15) is 0 Å². The summed E-state index contributed by atoms with van der Waals surface area (Å²) in [6.45, 7) is 0. The van der Waals surface area contributed by atoms with Crippen molar-refractivity contribution in [3.63, 3.8) is 0 Å². The van der Waals surface area contributed by atoms with Gasteiger partial charge in [0.2, 0.25) is 0 Å². The highest BCUT2D eigenvalue weighted by Gasteiger charge is 2.31. The summed E-state index contributed by atoms with van der Waals surface area (Å²) in [5.41, 5.74) is 0.954. The monoisotopic (exact) mass is 147 g/mol. The van der Waals surface area contributed by atoms with Crippen LogP contribution in [0.5, 0.6) is 0 Å². The van der Waals surface area contributed by atoms with Crippen LogP contribution in [0.3, 0.4) is 0 Å². The van der Waals surface area contributed by atoms with Gasteiger partial charge in [0.15, 0.2) is 0 Å². The summed E-state index contributed by atoms with van der Waals surface area (Å²) in [7, 11) is 0. The Labute approximate surface area is 66.7 Å². The maximum absolute atomic E-state index is 11.5. The topological polar surface area (TPSA) is 19.9 Å². The molecule has 0 saturated heterocycles. The van der Waals surface area contributed by atoms with E-state index in [0.717, 1.165) is 18.4 Å². The summed E-state index contributed by atoms with van der Waals surface area (Å²) >= 11 is 0. The minimum absolute atomic E-state index is 0.428. The van der Waals surface area contributed by atoms with Gasteiger partial charge in [-0.1, -0.05) is 30.3 Å². The minimum atomic E-state index is -0.462. The number of hydrogen-bond donors (Lipinski definition) is 0. The van der Waals surface area contributed by atoms with Crippen LogP contribution in [0.25, 0.3) is 0 Å². The number of hydrogen-bond acceptors (Lipinski definition) is 0. The van der Waals surface area contributed by atoms with Crippen LogP contribution < -0.4 is 0 Å². The number of benzene rings is 1. The third kappa shape index (κ3) is 1.43. The van der Waals surface area contributed by atoms with E-state index in [2.05, 4.69) is 0 Å². The first-order valence-corrected chi connectivity index (χ1v) is 4.08. The van der Waals surface area contributed by atoms with Gasteiger partial charge in [-0.05, 0) is 24.3 Å². The van der Waals surface area contributed by atoms with Crippen molar-refractivity contribution in [3.8, 4) is 0 Å². The van der Waals surface area contributed by atoms with E-state index in [0.29, 0.717) is 5.92 Å². The predicted molar refractivity (Wildman–Crippen MR) is 42.6 cm³/mol. The Morgan fingerprint density at radius 3 is 2.36 bits per heavy atom. The molecule has 0 bridgehead atoms. The van der Waals surface area contributed by atoms with Gasteiger partial charge in [0, 0.05) is 0 Å². The van der Waals surface area contributed by atoms with E-state index < -0.39 is 6.10 Å². The molecule has 1 saturated carbocycles. The van der Waals surface area contributed by atoms with E-state index in [1.807, 2.05) is 30.3 Å². The Morgan fingerprint density at radius 1 is 1.18 bits per heavy atom. The SMILES string of the molecule is [O]C(c1ccccc1)C1CC1. The fraction of sp³-hybridized carbons (Fsp3) is 0.400. The van der Waals surface area contributed by atoms with Crippen LogP contribution in [0.15, 0.2) is 30.3 Å². The molecule has 1 unspecified atom stereocenters. The Bertz CT molecular complexity index is 226. The van der Waals surface area contributed by atoms with Gasteiger partial charge in [0.05, 0.1) is 0 Å². The van der Waals surface area contributed by atoms with Crippen molar-refractivity contribution in [3.05, 3.63) is 35.9 Å². The molecular weight excluding hydrogens is 136 g/mol. The maximum Gasteiger partial charge on any atom is 0.121 e. The Hall–Kier alpha value is -0.820. The average molecular weight is 147 g/mol. The molecule has 0 aromatic heterocycles. The third-order valence-corrected chi connectivity index (χ3v) is 2.18. The van der Waals surface area contributed by atoms with Crippen molar-refractivity contribution in [2.75, 3.05) is 0 Å². The molecule has 1 fully saturated rings.